The van der Waals surface area contributed by atoms with Crippen LogP contribution in [0.1, 0.15) is 18.5 Å². The molecule has 0 bridgehead atoms. The normalized spacial score (nSPS) is 13.6. The lowest BCUT2D eigenvalue weighted by Gasteiger charge is -2.24. The number of aryl methyl sites for hydroxylation is 1. The van der Waals surface area contributed by atoms with Gasteiger partial charge in [-0.2, -0.15) is 4.31 Å². The van der Waals surface area contributed by atoms with Crippen molar-refractivity contribution in [3.63, 3.8) is 0 Å². The average Bonchev–Trinajstić information content (AvgIpc) is 2.77. The van der Waals surface area contributed by atoms with E-state index in [2.05, 4.69) is 26.2 Å². The number of rotatable bonds is 4. The standard InChI is InChI=1S/C12H16BrN5O2S/c1-8(9-5-4-6-10(14)7-9)18(3)21(19,20)12-11(13)15-16-17(12)2/h4-8H,14H2,1-3H3. The number of benzene rings is 1. The second-order valence-corrected chi connectivity index (χ2v) is 7.34. The van der Waals surface area contributed by atoms with Crippen LogP contribution in [0.3, 0.4) is 0 Å². The van der Waals surface area contributed by atoms with Gasteiger partial charge in [0.15, 0.2) is 4.60 Å². The number of hydrogen-bond donors (Lipinski definition) is 1. The van der Waals surface area contributed by atoms with E-state index in [9.17, 15) is 8.42 Å². The molecule has 0 spiro atoms. The Morgan fingerprint density at radius 3 is 2.62 bits per heavy atom. The summed E-state index contributed by atoms with van der Waals surface area (Å²) in [7, 11) is -0.686. The molecule has 1 atom stereocenters. The van der Waals surface area contributed by atoms with Gasteiger partial charge in [-0.1, -0.05) is 17.3 Å². The van der Waals surface area contributed by atoms with Crippen LogP contribution in [0.15, 0.2) is 33.9 Å². The van der Waals surface area contributed by atoms with Crippen LogP contribution in [-0.2, 0) is 17.1 Å². The highest BCUT2D eigenvalue weighted by Crippen LogP contribution is 2.28. The molecule has 1 aromatic heterocycles. The van der Waals surface area contributed by atoms with Gasteiger partial charge < -0.3 is 5.73 Å². The van der Waals surface area contributed by atoms with Crippen molar-refractivity contribution in [2.75, 3.05) is 12.8 Å². The Balaban J connectivity index is 2.41. The van der Waals surface area contributed by atoms with Gasteiger partial charge in [0.25, 0.3) is 10.0 Å². The summed E-state index contributed by atoms with van der Waals surface area (Å²) >= 11 is 3.12. The number of halogens is 1. The summed E-state index contributed by atoms with van der Waals surface area (Å²) in [4.78, 5) is 0. The monoisotopic (exact) mass is 373 g/mol. The summed E-state index contributed by atoms with van der Waals surface area (Å²) in [5.74, 6) is 0. The van der Waals surface area contributed by atoms with Crippen molar-refractivity contribution >= 4 is 31.6 Å². The number of nitrogen functional groups attached to an aromatic ring is 1. The zero-order valence-corrected chi connectivity index (χ0v) is 14.3. The smallest absolute Gasteiger partial charge is 0.263 e. The Kier molecular flexibility index (Phi) is 4.35. The van der Waals surface area contributed by atoms with Crippen molar-refractivity contribution in [2.24, 2.45) is 7.05 Å². The molecule has 0 aliphatic rings. The molecule has 1 aromatic carbocycles. The molecule has 114 valence electrons. The second-order valence-electron chi connectivity index (χ2n) is 4.68. The molecule has 2 aromatic rings. The van der Waals surface area contributed by atoms with Crippen molar-refractivity contribution in [3.8, 4) is 0 Å². The summed E-state index contributed by atoms with van der Waals surface area (Å²) in [5.41, 5.74) is 7.15. The molecular weight excluding hydrogens is 358 g/mol. The third-order valence-electron chi connectivity index (χ3n) is 3.30. The van der Waals surface area contributed by atoms with Crippen molar-refractivity contribution in [2.45, 2.75) is 18.0 Å². The van der Waals surface area contributed by atoms with Crippen LogP contribution < -0.4 is 5.73 Å². The largest absolute Gasteiger partial charge is 0.399 e. The molecule has 0 saturated carbocycles. The van der Waals surface area contributed by atoms with Crippen molar-refractivity contribution < 1.29 is 8.42 Å². The van der Waals surface area contributed by atoms with Crippen molar-refractivity contribution in [3.05, 3.63) is 34.4 Å². The molecule has 9 heteroatoms. The number of sulfonamides is 1. The van der Waals surface area contributed by atoms with E-state index >= 15 is 0 Å². The van der Waals surface area contributed by atoms with E-state index in [1.54, 1.807) is 25.1 Å². The van der Waals surface area contributed by atoms with E-state index in [0.29, 0.717) is 5.69 Å². The fourth-order valence-electron chi connectivity index (χ4n) is 1.97. The highest BCUT2D eigenvalue weighted by atomic mass is 79.9. The van der Waals surface area contributed by atoms with Crippen molar-refractivity contribution in [1.82, 2.24) is 19.3 Å². The predicted octanol–water partition coefficient (Wildman–Crippen LogP) is 1.54. The molecule has 7 nitrogen and oxygen atoms in total. The minimum atomic E-state index is -3.73. The van der Waals surface area contributed by atoms with Gasteiger partial charge in [0.05, 0.1) is 0 Å². The van der Waals surface area contributed by atoms with E-state index in [1.165, 1.54) is 23.1 Å². The quantitative estimate of drug-likeness (QED) is 0.820. The lowest BCUT2D eigenvalue weighted by Crippen LogP contribution is -2.31. The second kappa shape index (κ2) is 5.74. The summed E-state index contributed by atoms with van der Waals surface area (Å²) in [5, 5.41) is 7.43. The number of hydrogen-bond acceptors (Lipinski definition) is 5. The lowest BCUT2D eigenvalue weighted by molar-refractivity contribution is 0.393. The molecule has 0 fully saturated rings. The van der Waals surface area contributed by atoms with Gasteiger partial charge in [0.1, 0.15) is 0 Å². The Labute approximate surface area is 131 Å². The van der Waals surface area contributed by atoms with Gasteiger partial charge >= 0.3 is 0 Å². The topological polar surface area (TPSA) is 94.1 Å². The first kappa shape index (κ1) is 15.9. The molecule has 0 radical (unpaired) electrons. The van der Waals surface area contributed by atoms with Gasteiger partial charge in [-0.25, -0.2) is 13.1 Å². The van der Waals surface area contributed by atoms with E-state index in [0.717, 1.165) is 5.56 Å². The third-order valence-corrected chi connectivity index (χ3v) is 6.12. The zero-order chi connectivity index (χ0) is 15.8. The predicted molar refractivity (Wildman–Crippen MR) is 82.9 cm³/mol. The highest BCUT2D eigenvalue weighted by Gasteiger charge is 2.32. The Bertz CT molecular complexity index is 739. The molecule has 2 rings (SSSR count). The molecule has 0 aliphatic carbocycles. The van der Waals surface area contributed by atoms with Crippen LogP contribution in [0, 0.1) is 0 Å². The molecule has 0 amide bonds. The minimum Gasteiger partial charge on any atom is -0.399 e. The number of anilines is 1. The Hall–Kier alpha value is -1.45. The van der Waals surface area contributed by atoms with Crippen LogP contribution in [0.25, 0.3) is 0 Å². The first-order chi connectivity index (χ1) is 9.75. The molecule has 1 heterocycles. The molecule has 21 heavy (non-hydrogen) atoms. The molecule has 0 saturated heterocycles. The van der Waals surface area contributed by atoms with Crippen LogP contribution in [0.2, 0.25) is 0 Å². The number of nitrogens with zero attached hydrogens (tertiary/aromatic N) is 4. The summed E-state index contributed by atoms with van der Waals surface area (Å²) in [6, 6.07) is 6.77. The number of aromatic nitrogens is 3. The minimum absolute atomic E-state index is 0.0146. The molecular formula is C12H16BrN5O2S. The summed E-state index contributed by atoms with van der Waals surface area (Å²) < 4.78 is 28.1. The average molecular weight is 374 g/mol. The molecule has 1 unspecified atom stereocenters. The maximum Gasteiger partial charge on any atom is 0.263 e. The van der Waals surface area contributed by atoms with Gasteiger partial charge in [0, 0.05) is 25.8 Å². The first-order valence-electron chi connectivity index (χ1n) is 6.13. The highest BCUT2D eigenvalue weighted by molar-refractivity contribution is 9.10. The van der Waals surface area contributed by atoms with Crippen LogP contribution >= 0.6 is 15.9 Å². The van der Waals surface area contributed by atoms with Gasteiger partial charge in [-0.05, 0) is 40.5 Å². The Morgan fingerprint density at radius 1 is 1.43 bits per heavy atom. The van der Waals surface area contributed by atoms with Crippen LogP contribution in [-0.4, -0.2) is 34.8 Å². The fraction of sp³-hybridized carbons (Fsp3) is 0.333. The molecule has 0 aliphatic heterocycles. The number of nitrogens with two attached hydrogens (primary N) is 1. The van der Waals surface area contributed by atoms with Crippen LogP contribution in [0.4, 0.5) is 5.69 Å². The Morgan fingerprint density at radius 2 is 2.10 bits per heavy atom. The van der Waals surface area contributed by atoms with Crippen LogP contribution in [0.5, 0.6) is 0 Å². The maximum atomic E-state index is 12.7. The van der Waals surface area contributed by atoms with E-state index in [1.807, 2.05) is 6.07 Å². The van der Waals surface area contributed by atoms with E-state index < -0.39 is 10.0 Å². The van der Waals surface area contributed by atoms with E-state index in [4.69, 9.17) is 5.73 Å². The third kappa shape index (κ3) is 2.94. The van der Waals surface area contributed by atoms with Crippen molar-refractivity contribution in [1.29, 1.82) is 0 Å². The summed E-state index contributed by atoms with van der Waals surface area (Å²) in [6.07, 6.45) is 0. The van der Waals surface area contributed by atoms with Gasteiger partial charge in [-0.15, -0.1) is 5.10 Å². The SMILES string of the molecule is CC(c1cccc(N)c1)N(C)S(=O)(=O)c1c(Br)nnn1C. The summed E-state index contributed by atoms with van der Waals surface area (Å²) in [6.45, 7) is 1.80. The molecule has 2 N–H and O–H groups in total. The first-order valence-corrected chi connectivity index (χ1v) is 8.37. The maximum absolute atomic E-state index is 12.7. The van der Waals surface area contributed by atoms with E-state index in [-0.39, 0.29) is 15.7 Å². The van der Waals surface area contributed by atoms with Gasteiger partial charge in [-0.3, -0.25) is 0 Å². The fourth-order valence-corrected chi connectivity index (χ4v) is 4.35. The lowest BCUT2D eigenvalue weighted by atomic mass is 10.1. The van der Waals surface area contributed by atoms with Gasteiger partial charge in [0.2, 0.25) is 5.03 Å². The zero-order valence-electron chi connectivity index (χ0n) is 11.9.